The zero-order chi connectivity index (χ0) is 17.1. The molecule has 0 aromatic heterocycles. The van der Waals surface area contributed by atoms with Crippen LogP contribution in [0.2, 0.25) is 0 Å². The van der Waals surface area contributed by atoms with Gasteiger partial charge < -0.3 is 15.5 Å². The number of rotatable bonds is 4. The maximum atomic E-state index is 13.9. The monoisotopic (exact) mass is 337 g/mol. The van der Waals surface area contributed by atoms with Gasteiger partial charge >= 0.3 is 0 Å². The number of halogens is 2. The lowest BCUT2D eigenvalue weighted by atomic mass is 9.90. The number of hydrogen-bond acceptors (Lipinski definition) is 3. The summed E-state index contributed by atoms with van der Waals surface area (Å²) in [7, 11) is 0. The molecule has 3 rings (SSSR count). The van der Waals surface area contributed by atoms with Gasteiger partial charge in [-0.15, -0.1) is 0 Å². The lowest BCUT2D eigenvalue weighted by Gasteiger charge is -2.31. The molecule has 2 N–H and O–H groups in total. The van der Waals surface area contributed by atoms with Gasteiger partial charge in [-0.05, 0) is 44.2 Å². The number of carbonyl (C=O) groups is 1. The zero-order valence-electron chi connectivity index (χ0n) is 14.0. The second-order valence-electron chi connectivity index (χ2n) is 6.92. The van der Waals surface area contributed by atoms with E-state index in [1.54, 1.807) is 11.8 Å². The molecule has 1 saturated heterocycles. The largest absolute Gasteiger partial charge is 0.365 e. The zero-order valence-corrected chi connectivity index (χ0v) is 14.0. The standard InChI is InChI=1S/C18H25F2N3O/c1-12(24)21-13-5-7-14(8-6-13)22-15-9-10-23(11-15)18-16(19)3-2-4-17(18)20/h2-4,13-15,22H,5-11H2,1H3,(H,21,24)/t13?,14?,15-/m0/s1. The number of amides is 1. The fraction of sp³-hybridized carbons (Fsp3) is 0.611. The first-order valence-corrected chi connectivity index (χ1v) is 8.75. The van der Waals surface area contributed by atoms with Crippen LogP contribution < -0.4 is 15.5 Å². The Bertz CT molecular complexity index is 567. The number of carbonyl (C=O) groups excluding carboxylic acids is 1. The van der Waals surface area contributed by atoms with Gasteiger partial charge in [-0.1, -0.05) is 6.07 Å². The molecule has 4 nitrogen and oxygen atoms in total. The maximum Gasteiger partial charge on any atom is 0.217 e. The van der Waals surface area contributed by atoms with E-state index in [0.29, 0.717) is 19.1 Å². The molecule has 1 aliphatic heterocycles. The van der Waals surface area contributed by atoms with Crippen molar-refractivity contribution in [2.75, 3.05) is 18.0 Å². The predicted molar refractivity (Wildman–Crippen MR) is 90.0 cm³/mol. The van der Waals surface area contributed by atoms with E-state index in [-0.39, 0.29) is 23.7 Å². The van der Waals surface area contributed by atoms with Crippen LogP contribution in [0.1, 0.15) is 39.0 Å². The summed E-state index contributed by atoms with van der Waals surface area (Å²) < 4.78 is 27.8. The Kier molecular flexibility index (Phi) is 5.33. The molecule has 0 unspecified atom stereocenters. The smallest absolute Gasteiger partial charge is 0.217 e. The van der Waals surface area contributed by atoms with Gasteiger partial charge in [0.05, 0.1) is 0 Å². The molecule has 132 valence electrons. The van der Waals surface area contributed by atoms with Gasteiger partial charge in [0, 0.05) is 38.1 Å². The van der Waals surface area contributed by atoms with Gasteiger partial charge in [0.1, 0.15) is 17.3 Å². The van der Waals surface area contributed by atoms with Crippen LogP contribution in [0, 0.1) is 11.6 Å². The van der Waals surface area contributed by atoms with Crippen LogP contribution in [0.3, 0.4) is 0 Å². The van der Waals surface area contributed by atoms with Gasteiger partial charge in [-0.3, -0.25) is 4.79 Å². The van der Waals surface area contributed by atoms with Gasteiger partial charge in [0.15, 0.2) is 0 Å². The fourth-order valence-corrected chi connectivity index (χ4v) is 3.92. The van der Waals surface area contributed by atoms with Crippen molar-refractivity contribution in [3.8, 4) is 0 Å². The van der Waals surface area contributed by atoms with Crippen LogP contribution in [-0.4, -0.2) is 37.1 Å². The first kappa shape index (κ1) is 17.1. The topological polar surface area (TPSA) is 44.4 Å². The minimum absolute atomic E-state index is 0.0322. The number of para-hydroxylation sites is 1. The van der Waals surface area contributed by atoms with Crippen molar-refractivity contribution in [3.63, 3.8) is 0 Å². The summed E-state index contributed by atoms with van der Waals surface area (Å²) in [5.41, 5.74) is 0.0937. The molecule has 1 heterocycles. The van der Waals surface area contributed by atoms with Crippen molar-refractivity contribution in [3.05, 3.63) is 29.8 Å². The van der Waals surface area contributed by atoms with Crippen LogP contribution in [0.4, 0.5) is 14.5 Å². The third-order valence-corrected chi connectivity index (χ3v) is 5.05. The molecule has 0 bridgehead atoms. The molecule has 2 fully saturated rings. The Hall–Kier alpha value is -1.69. The second-order valence-corrected chi connectivity index (χ2v) is 6.92. The van der Waals surface area contributed by atoms with Crippen molar-refractivity contribution in [2.45, 2.75) is 57.2 Å². The molecule has 1 saturated carbocycles. The summed E-state index contributed by atoms with van der Waals surface area (Å²) in [6, 6.07) is 4.98. The number of anilines is 1. The highest BCUT2D eigenvalue weighted by molar-refractivity contribution is 5.73. The van der Waals surface area contributed by atoms with Gasteiger partial charge in [-0.25, -0.2) is 8.78 Å². The lowest BCUT2D eigenvalue weighted by Crippen LogP contribution is -2.45. The van der Waals surface area contributed by atoms with E-state index in [2.05, 4.69) is 10.6 Å². The van der Waals surface area contributed by atoms with E-state index < -0.39 is 11.6 Å². The number of hydrogen-bond donors (Lipinski definition) is 2. The third kappa shape index (κ3) is 4.04. The summed E-state index contributed by atoms with van der Waals surface area (Å²) in [6.07, 6.45) is 4.90. The first-order chi connectivity index (χ1) is 11.5. The molecule has 24 heavy (non-hydrogen) atoms. The Labute approximate surface area is 141 Å². The van der Waals surface area contributed by atoms with Crippen molar-refractivity contribution in [1.29, 1.82) is 0 Å². The predicted octanol–water partition coefficient (Wildman–Crippen LogP) is 2.58. The number of nitrogens with zero attached hydrogens (tertiary/aromatic N) is 1. The van der Waals surface area contributed by atoms with E-state index in [4.69, 9.17) is 0 Å². The summed E-state index contributed by atoms with van der Waals surface area (Å²) in [5.74, 6) is -0.956. The molecule has 0 radical (unpaired) electrons. The Morgan fingerprint density at radius 3 is 2.29 bits per heavy atom. The van der Waals surface area contributed by atoms with Crippen LogP contribution >= 0.6 is 0 Å². The normalized spacial score (nSPS) is 27.3. The average molecular weight is 337 g/mol. The van der Waals surface area contributed by atoms with Crippen molar-refractivity contribution >= 4 is 11.6 Å². The summed E-state index contributed by atoms with van der Waals surface area (Å²) in [4.78, 5) is 12.9. The SMILES string of the molecule is CC(=O)NC1CCC(N[C@H]2CCN(c3c(F)cccc3F)C2)CC1. The van der Waals surface area contributed by atoms with Crippen molar-refractivity contribution in [2.24, 2.45) is 0 Å². The van der Waals surface area contributed by atoms with Crippen LogP contribution in [-0.2, 0) is 4.79 Å². The third-order valence-electron chi connectivity index (χ3n) is 5.05. The van der Waals surface area contributed by atoms with Gasteiger partial charge in [-0.2, -0.15) is 0 Å². The quantitative estimate of drug-likeness (QED) is 0.888. The van der Waals surface area contributed by atoms with E-state index in [0.717, 1.165) is 32.1 Å². The minimum Gasteiger partial charge on any atom is -0.365 e. The van der Waals surface area contributed by atoms with Gasteiger partial charge in [0.25, 0.3) is 0 Å². The second kappa shape index (κ2) is 7.47. The number of nitrogens with one attached hydrogen (secondary N) is 2. The van der Waals surface area contributed by atoms with E-state index in [9.17, 15) is 13.6 Å². The van der Waals surface area contributed by atoms with E-state index in [1.807, 2.05) is 0 Å². The van der Waals surface area contributed by atoms with Crippen molar-refractivity contribution < 1.29 is 13.6 Å². The van der Waals surface area contributed by atoms with Crippen LogP contribution in [0.25, 0.3) is 0 Å². The molecule has 1 aromatic carbocycles. The summed E-state index contributed by atoms with van der Waals surface area (Å²) >= 11 is 0. The molecular formula is C18H25F2N3O. The molecule has 1 atom stereocenters. The van der Waals surface area contributed by atoms with Gasteiger partial charge in [0.2, 0.25) is 5.91 Å². The Balaban J connectivity index is 1.50. The van der Waals surface area contributed by atoms with Crippen LogP contribution in [0.5, 0.6) is 0 Å². The Morgan fingerprint density at radius 2 is 1.67 bits per heavy atom. The first-order valence-electron chi connectivity index (χ1n) is 8.75. The number of benzene rings is 1. The van der Waals surface area contributed by atoms with E-state index in [1.165, 1.54) is 18.2 Å². The molecular weight excluding hydrogens is 312 g/mol. The molecule has 1 amide bonds. The highest BCUT2D eigenvalue weighted by atomic mass is 19.1. The highest BCUT2D eigenvalue weighted by Gasteiger charge is 2.29. The van der Waals surface area contributed by atoms with Crippen LogP contribution in [0.15, 0.2) is 18.2 Å². The highest BCUT2D eigenvalue weighted by Crippen LogP contribution is 2.27. The Morgan fingerprint density at radius 1 is 1.04 bits per heavy atom. The molecule has 0 spiro atoms. The average Bonchev–Trinajstić information content (AvgIpc) is 2.97. The summed E-state index contributed by atoms with van der Waals surface area (Å²) in [5, 5.41) is 6.61. The molecule has 1 aliphatic carbocycles. The molecule has 6 heteroatoms. The molecule has 2 aliphatic rings. The summed E-state index contributed by atoms with van der Waals surface area (Å²) in [6.45, 7) is 2.85. The fourth-order valence-electron chi connectivity index (χ4n) is 3.92. The minimum atomic E-state index is -0.494. The maximum absolute atomic E-state index is 13.9. The van der Waals surface area contributed by atoms with E-state index >= 15 is 0 Å². The van der Waals surface area contributed by atoms with Crippen molar-refractivity contribution in [1.82, 2.24) is 10.6 Å². The molecule has 1 aromatic rings. The lowest BCUT2D eigenvalue weighted by molar-refractivity contribution is -0.119.